The molecule has 22 heavy (non-hydrogen) atoms. The quantitative estimate of drug-likeness (QED) is 0.850. The lowest BCUT2D eigenvalue weighted by Crippen LogP contribution is -2.37. The van der Waals surface area contributed by atoms with E-state index in [1.807, 2.05) is 11.4 Å². The number of hydrogen-bond acceptors (Lipinski definition) is 3. The Labute approximate surface area is 136 Å². The van der Waals surface area contributed by atoms with Gasteiger partial charge in [-0.05, 0) is 36.8 Å². The summed E-state index contributed by atoms with van der Waals surface area (Å²) in [6, 6.07) is 13.2. The molecule has 1 fully saturated rings. The number of thiophene rings is 1. The average molecular weight is 314 g/mol. The normalized spacial score (nSPS) is 14.3. The topological polar surface area (TPSA) is 32.3 Å². The third-order valence-corrected chi connectivity index (χ3v) is 4.79. The predicted molar refractivity (Wildman–Crippen MR) is 90.8 cm³/mol. The second-order valence-electron chi connectivity index (χ2n) is 5.98. The van der Waals surface area contributed by atoms with E-state index in [1.54, 1.807) is 11.3 Å². The van der Waals surface area contributed by atoms with Gasteiger partial charge < -0.3 is 5.32 Å². The van der Waals surface area contributed by atoms with Crippen LogP contribution in [0.4, 0.5) is 0 Å². The molecule has 0 spiro atoms. The Morgan fingerprint density at radius 2 is 2.18 bits per heavy atom. The Kier molecular flexibility index (Phi) is 4.90. The number of nitrogens with one attached hydrogen (secondary N) is 1. The third-order valence-electron chi connectivity index (χ3n) is 3.92. The van der Waals surface area contributed by atoms with Crippen molar-refractivity contribution in [3.8, 4) is 0 Å². The Balaban J connectivity index is 1.54. The third kappa shape index (κ3) is 4.42. The molecule has 1 N–H and O–H groups in total. The number of rotatable bonds is 7. The highest BCUT2D eigenvalue weighted by atomic mass is 32.1. The van der Waals surface area contributed by atoms with Crippen LogP contribution < -0.4 is 5.32 Å². The average Bonchev–Trinajstić information content (AvgIpc) is 3.21. The molecule has 4 heteroatoms. The van der Waals surface area contributed by atoms with Crippen LogP contribution in [0.15, 0.2) is 41.8 Å². The van der Waals surface area contributed by atoms with Gasteiger partial charge in [-0.1, -0.05) is 35.9 Å². The Bertz CT molecular complexity index is 620. The van der Waals surface area contributed by atoms with E-state index in [0.717, 1.165) is 6.54 Å². The summed E-state index contributed by atoms with van der Waals surface area (Å²) >= 11 is 1.68. The van der Waals surface area contributed by atoms with Crippen LogP contribution in [0.3, 0.4) is 0 Å². The molecule has 1 aromatic heterocycles. The van der Waals surface area contributed by atoms with Crippen molar-refractivity contribution in [1.82, 2.24) is 10.2 Å². The largest absolute Gasteiger partial charge is 0.350 e. The van der Waals surface area contributed by atoms with E-state index < -0.39 is 0 Å². The SMILES string of the molecule is Cc1cccc(CN(CC(=O)NCc2cccs2)C2CC2)c1. The van der Waals surface area contributed by atoms with Gasteiger partial charge in [-0.15, -0.1) is 11.3 Å². The molecule has 0 unspecified atom stereocenters. The number of hydrogen-bond donors (Lipinski definition) is 1. The molecule has 1 saturated carbocycles. The first-order chi connectivity index (χ1) is 10.7. The molecule has 3 rings (SSSR count). The molecule has 0 bridgehead atoms. The van der Waals surface area contributed by atoms with E-state index in [2.05, 4.69) is 47.5 Å². The van der Waals surface area contributed by atoms with Crippen LogP contribution >= 0.6 is 11.3 Å². The van der Waals surface area contributed by atoms with Gasteiger partial charge in [0.15, 0.2) is 0 Å². The lowest BCUT2D eigenvalue weighted by molar-refractivity contribution is -0.122. The minimum absolute atomic E-state index is 0.118. The van der Waals surface area contributed by atoms with Gasteiger partial charge in [0.25, 0.3) is 0 Å². The van der Waals surface area contributed by atoms with Gasteiger partial charge in [0.05, 0.1) is 13.1 Å². The van der Waals surface area contributed by atoms with Crippen LogP contribution in [0.5, 0.6) is 0 Å². The highest BCUT2D eigenvalue weighted by Crippen LogP contribution is 2.28. The highest BCUT2D eigenvalue weighted by Gasteiger charge is 2.30. The Morgan fingerprint density at radius 3 is 2.86 bits per heavy atom. The van der Waals surface area contributed by atoms with Crippen LogP contribution in [0.2, 0.25) is 0 Å². The van der Waals surface area contributed by atoms with Crippen LogP contribution in [0.25, 0.3) is 0 Å². The van der Waals surface area contributed by atoms with Crippen LogP contribution in [0.1, 0.15) is 28.8 Å². The second kappa shape index (κ2) is 7.07. The molecule has 1 heterocycles. The Morgan fingerprint density at radius 1 is 1.32 bits per heavy atom. The van der Waals surface area contributed by atoms with Gasteiger partial charge in [-0.3, -0.25) is 9.69 Å². The maximum absolute atomic E-state index is 12.2. The summed E-state index contributed by atoms with van der Waals surface area (Å²) in [5.41, 5.74) is 2.56. The summed E-state index contributed by atoms with van der Waals surface area (Å²) in [7, 11) is 0. The van der Waals surface area contributed by atoms with Crippen molar-refractivity contribution >= 4 is 17.2 Å². The van der Waals surface area contributed by atoms with Gasteiger partial charge in [-0.2, -0.15) is 0 Å². The van der Waals surface area contributed by atoms with Crippen molar-refractivity contribution in [3.05, 3.63) is 57.8 Å². The van der Waals surface area contributed by atoms with Crippen molar-refractivity contribution in [2.45, 2.75) is 38.9 Å². The van der Waals surface area contributed by atoms with Gasteiger partial charge >= 0.3 is 0 Å². The number of carbonyl (C=O) groups excluding carboxylic acids is 1. The van der Waals surface area contributed by atoms with Gasteiger partial charge in [0.2, 0.25) is 5.91 Å². The minimum Gasteiger partial charge on any atom is -0.350 e. The van der Waals surface area contributed by atoms with E-state index in [0.29, 0.717) is 19.1 Å². The second-order valence-corrected chi connectivity index (χ2v) is 7.01. The number of amides is 1. The molecule has 0 saturated heterocycles. The maximum Gasteiger partial charge on any atom is 0.234 e. The number of benzene rings is 1. The summed E-state index contributed by atoms with van der Waals surface area (Å²) in [4.78, 5) is 15.7. The molecule has 0 atom stereocenters. The van der Waals surface area contributed by atoms with E-state index in [4.69, 9.17) is 0 Å². The fourth-order valence-electron chi connectivity index (χ4n) is 2.64. The number of carbonyl (C=O) groups is 1. The smallest absolute Gasteiger partial charge is 0.234 e. The van der Waals surface area contributed by atoms with Gasteiger partial charge in [0, 0.05) is 17.5 Å². The lowest BCUT2D eigenvalue weighted by atomic mass is 10.1. The highest BCUT2D eigenvalue weighted by molar-refractivity contribution is 7.09. The zero-order chi connectivity index (χ0) is 15.4. The van der Waals surface area contributed by atoms with Crippen molar-refractivity contribution in [2.24, 2.45) is 0 Å². The molecular formula is C18H22N2OS. The van der Waals surface area contributed by atoms with Gasteiger partial charge in [-0.25, -0.2) is 0 Å². The van der Waals surface area contributed by atoms with Crippen LogP contribution in [-0.4, -0.2) is 23.4 Å². The van der Waals surface area contributed by atoms with Crippen molar-refractivity contribution in [3.63, 3.8) is 0 Å². The van der Waals surface area contributed by atoms with Crippen LogP contribution in [0, 0.1) is 6.92 Å². The van der Waals surface area contributed by atoms with E-state index in [1.165, 1.54) is 28.8 Å². The van der Waals surface area contributed by atoms with E-state index in [9.17, 15) is 4.79 Å². The Hall–Kier alpha value is -1.65. The summed E-state index contributed by atoms with van der Waals surface area (Å²) in [6.45, 7) is 4.10. The summed E-state index contributed by atoms with van der Waals surface area (Å²) in [6.07, 6.45) is 2.42. The van der Waals surface area contributed by atoms with Crippen LogP contribution in [-0.2, 0) is 17.9 Å². The van der Waals surface area contributed by atoms with E-state index in [-0.39, 0.29) is 5.91 Å². The first-order valence-electron chi connectivity index (χ1n) is 7.79. The molecule has 1 aromatic carbocycles. The molecule has 1 aliphatic carbocycles. The zero-order valence-corrected chi connectivity index (χ0v) is 13.7. The molecule has 116 valence electrons. The van der Waals surface area contributed by atoms with Gasteiger partial charge in [0.1, 0.15) is 0 Å². The summed E-state index contributed by atoms with van der Waals surface area (Å²) < 4.78 is 0. The maximum atomic E-state index is 12.2. The first-order valence-corrected chi connectivity index (χ1v) is 8.67. The molecular weight excluding hydrogens is 292 g/mol. The molecule has 1 amide bonds. The van der Waals surface area contributed by atoms with E-state index >= 15 is 0 Å². The first kappa shape index (κ1) is 15.3. The number of nitrogens with zero attached hydrogens (tertiary/aromatic N) is 1. The summed E-state index contributed by atoms with van der Waals surface area (Å²) in [5, 5.41) is 5.06. The lowest BCUT2D eigenvalue weighted by Gasteiger charge is -2.21. The molecule has 3 nitrogen and oxygen atoms in total. The van der Waals surface area contributed by atoms with Crippen molar-refractivity contribution in [1.29, 1.82) is 0 Å². The predicted octanol–water partition coefficient (Wildman–Crippen LogP) is 3.34. The molecule has 0 radical (unpaired) electrons. The monoisotopic (exact) mass is 314 g/mol. The number of aryl methyl sites for hydroxylation is 1. The van der Waals surface area contributed by atoms with Crippen molar-refractivity contribution < 1.29 is 4.79 Å². The molecule has 2 aromatic rings. The minimum atomic E-state index is 0.118. The zero-order valence-electron chi connectivity index (χ0n) is 12.9. The fourth-order valence-corrected chi connectivity index (χ4v) is 3.28. The standard InChI is InChI=1S/C18H22N2OS/c1-14-4-2-5-15(10-14)12-20(16-7-8-16)13-18(21)19-11-17-6-3-9-22-17/h2-6,9-10,16H,7-8,11-13H2,1H3,(H,19,21). The molecule has 1 aliphatic rings. The van der Waals surface area contributed by atoms with Crippen molar-refractivity contribution in [2.75, 3.05) is 6.54 Å². The summed E-state index contributed by atoms with van der Waals surface area (Å²) in [5.74, 6) is 0.118. The molecule has 0 aliphatic heterocycles. The fraction of sp³-hybridized carbons (Fsp3) is 0.389.